The third kappa shape index (κ3) is 3.55. The van der Waals surface area contributed by atoms with Crippen LogP contribution in [0.3, 0.4) is 0 Å². The molecular weight excluding hydrogens is 294 g/mol. The first kappa shape index (κ1) is 14.9. The van der Waals surface area contributed by atoms with E-state index in [2.05, 4.69) is 10.3 Å². The predicted molar refractivity (Wildman–Crippen MR) is 79.8 cm³/mol. The number of hydrogen-bond donors (Lipinski definition) is 1. The maximum absolute atomic E-state index is 12.1. The maximum Gasteiger partial charge on any atom is 0.287 e. The first-order valence-electron chi connectivity index (χ1n) is 6.07. The Kier molecular flexibility index (Phi) is 4.18. The van der Waals surface area contributed by atoms with Crippen LogP contribution in [0.4, 0.5) is 11.5 Å². The largest absolute Gasteiger partial charge is 0.307 e. The minimum Gasteiger partial charge on any atom is -0.307 e. The number of pyridine rings is 1. The van der Waals surface area contributed by atoms with Gasteiger partial charge in [-0.05, 0) is 43.7 Å². The monoisotopic (exact) mass is 305 g/mol. The van der Waals surface area contributed by atoms with Crippen molar-refractivity contribution in [2.45, 2.75) is 13.8 Å². The van der Waals surface area contributed by atoms with Gasteiger partial charge in [-0.15, -0.1) is 0 Å². The van der Waals surface area contributed by atoms with Crippen LogP contribution >= 0.6 is 11.6 Å². The van der Waals surface area contributed by atoms with E-state index in [0.717, 1.165) is 11.3 Å². The molecule has 1 aromatic heterocycles. The molecule has 1 N–H and O–H groups in total. The van der Waals surface area contributed by atoms with Crippen LogP contribution in [-0.4, -0.2) is 15.8 Å². The molecule has 7 heteroatoms. The first-order valence-corrected chi connectivity index (χ1v) is 6.45. The number of aryl methyl sites for hydroxylation is 2. The van der Waals surface area contributed by atoms with Gasteiger partial charge in [0, 0.05) is 17.3 Å². The Morgan fingerprint density at radius 2 is 2.00 bits per heavy atom. The van der Waals surface area contributed by atoms with Crippen molar-refractivity contribution in [1.82, 2.24) is 4.98 Å². The number of amides is 1. The number of carbonyl (C=O) groups is 1. The molecular formula is C14H12ClN3O3. The standard InChI is InChI=1S/C14H12ClN3O3/c1-8-5-9(2)16-13(6-8)17-14(19)10-3-4-12(18(20)21)11(15)7-10/h3-7H,1-2H3,(H,16,17,19). The third-order valence-corrected chi connectivity index (χ3v) is 3.05. The van der Waals surface area contributed by atoms with Crippen molar-refractivity contribution in [3.05, 3.63) is 62.3 Å². The number of nitrogens with one attached hydrogen (secondary N) is 1. The van der Waals surface area contributed by atoms with Crippen molar-refractivity contribution in [3.8, 4) is 0 Å². The van der Waals surface area contributed by atoms with Crippen LogP contribution in [0.5, 0.6) is 0 Å². The Morgan fingerprint density at radius 1 is 1.29 bits per heavy atom. The molecule has 0 atom stereocenters. The molecule has 0 aliphatic carbocycles. The highest BCUT2D eigenvalue weighted by Gasteiger charge is 2.15. The molecule has 1 aromatic carbocycles. The molecule has 0 aliphatic heterocycles. The second-order valence-electron chi connectivity index (χ2n) is 4.55. The van der Waals surface area contributed by atoms with Crippen molar-refractivity contribution in [2.24, 2.45) is 0 Å². The van der Waals surface area contributed by atoms with Crippen molar-refractivity contribution in [1.29, 1.82) is 0 Å². The fraction of sp³-hybridized carbons (Fsp3) is 0.143. The number of nitro groups is 1. The number of nitro benzene ring substituents is 1. The average molecular weight is 306 g/mol. The molecule has 1 amide bonds. The van der Waals surface area contributed by atoms with Crippen LogP contribution in [0.15, 0.2) is 30.3 Å². The lowest BCUT2D eigenvalue weighted by atomic mass is 10.2. The Bertz CT molecular complexity index is 711. The summed E-state index contributed by atoms with van der Waals surface area (Å²) >= 11 is 5.78. The van der Waals surface area contributed by atoms with Crippen molar-refractivity contribution in [2.75, 3.05) is 5.32 Å². The fourth-order valence-electron chi connectivity index (χ4n) is 1.89. The number of benzene rings is 1. The predicted octanol–water partition coefficient (Wildman–Crippen LogP) is 3.51. The van der Waals surface area contributed by atoms with Crippen LogP contribution in [0.25, 0.3) is 0 Å². The normalized spacial score (nSPS) is 10.2. The molecule has 0 bridgehead atoms. The fourth-order valence-corrected chi connectivity index (χ4v) is 2.14. The van der Waals surface area contributed by atoms with E-state index in [1.54, 1.807) is 6.07 Å². The number of rotatable bonds is 3. The molecule has 6 nitrogen and oxygen atoms in total. The second kappa shape index (κ2) is 5.88. The number of carbonyl (C=O) groups excluding carboxylic acids is 1. The van der Waals surface area contributed by atoms with Gasteiger partial charge in [0.05, 0.1) is 4.92 Å². The van der Waals surface area contributed by atoms with Crippen molar-refractivity contribution >= 4 is 29.0 Å². The topological polar surface area (TPSA) is 85.1 Å². The lowest BCUT2D eigenvalue weighted by Gasteiger charge is -2.07. The van der Waals surface area contributed by atoms with Crippen LogP contribution < -0.4 is 5.32 Å². The number of aromatic nitrogens is 1. The van der Waals surface area contributed by atoms with E-state index in [1.165, 1.54) is 18.2 Å². The summed E-state index contributed by atoms with van der Waals surface area (Å²) in [5, 5.41) is 13.2. The average Bonchev–Trinajstić information content (AvgIpc) is 2.36. The number of halogens is 1. The molecule has 108 valence electrons. The van der Waals surface area contributed by atoms with Gasteiger partial charge >= 0.3 is 0 Å². The van der Waals surface area contributed by atoms with Gasteiger partial charge in [0.15, 0.2) is 0 Å². The van der Waals surface area contributed by atoms with Crippen LogP contribution in [0.2, 0.25) is 5.02 Å². The molecule has 0 saturated carbocycles. The zero-order valence-electron chi connectivity index (χ0n) is 11.4. The molecule has 0 radical (unpaired) electrons. The molecule has 0 spiro atoms. The Morgan fingerprint density at radius 3 is 2.57 bits per heavy atom. The quantitative estimate of drug-likeness (QED) is 0.694. The summed E-state index contributed by atoms with van der Waals surface area (Å²) in [7, 11) is 0. The van der Waals surface area contributed by atoms with Gasteiger partial charge in [-0.3, -0.25) is 14.9 Å². The van der Waals surface area contributed by atoms with Crippen LogP contribution in [0, 0.1) is 24.0 Å². The van der Waals surface area contributed by atoms with E-state index in [1.807, 2.05) is 19.9 Å². The van der Waals surface area contributed by atoms with Crippen LogP contribution in [-0.2, 0) is 0 Å². The lowest BCUT2D eigenvalue weighted by Crippen LogP contribution is -2.13. The SMILES string of the molecule is Cc1cc(C)nc(NC(=O)c2ccc([N+](=O)[O-])c(Cl)c2)c1. The molecule has 0 unspecified atom stereocenters. The third-order valence-electron chi connectivity index (χ3n) is 2.75. The van der Waals surface area contributed by atoms with Gasteiger partial charge in [0.1, 0.15) is 10.8 Å². The first-order chi connectivity index (χ1) is 9.86. The summed E-state index contributed by atoms with van der Waals surface area (Å²) in [6.45, 7) is 3.72. The Labute approximate surface area is 125 Å². The molecule has 2 rings (SSSR count). The van der Waals surface area contributed by atoms with E-state index < -0.39 is 10.8 Å². The summed E-state index contributed by atoms with van der Waals surface area (Å²) in [5.41, 5.74) is 1.75. The summed E-state index contributed by atoms with van der Waals surface area (Å²) in [6.07, 6.45) is 0. The summed E-state index contributed by atoms with van der Waals surface area (Å²) in [4.78, 5) is 26.4. The van der Waals surface area contributed by atoms with Gasteiger partial charge in [-0.2, -0.15) is 0 Å². The lowest BCUT2D eigenvalue weighted by molar-refractivity contribution is -0.384. The number of nitrogens with zero attached hydrogens (tertiary/aromatic N) is 2. The minimum absolute atomic E-state index is 0.0824. The van der Waals surface area contributed by atoms with E-state index >= 15 is 0 Å². The van der Waals surface area contributed by atoms with Gasteiger partial charge in [-0.1, -0.05) is 11.6 Å². The highest BCUT2D eigenvalue weighted by atomic mass is 35.5. The van der Waals surface area contributed by atoms with E-state index in [4.69, 9.17) is 11.6 Å². The molecule has 0 aliphatic rings. The summed E-state index contributed by atoms with van der Waals surface area (Å²) in [5.74, 6) is -0.00345. The molecule has 21 heavy (non-hydrogen) atoms. The number of hydrogen-bond acceptors (Lipinski definition) is 4. The van der Waals surface area contributed by atoms with Crippen molar-refractivity contribution < 1.29 is 9.72 Å². The zero-order chi connectivity index (χ0) is 15.6. The van der Waals surface area contributed by atoms with E-state index in [9.17, 15) is 14.9 Å². The molecule has 0 fully saturated rings. The van der Waals surface area contributed by atoms with Gasteiger partial charge in [-0.25, -0.2) is 4.98 Å². The van der Waals surface area contributed by atoms with E-state index in [-0.39, 0.29) is 16.3 Å². The van der Waals surface area contributed by atoms with Gasteiger partial charge < -0.3 is 5.32 Å². The maximum atomic E-state index is 12.1. The van der Waals surface area contributed by atoms with E-state index in [0.29, 0.717) is 5.82 Å². The summed E-state index contributed by atoms with van der Waals surface area (Å²) < 4.78 is 0. The Balaban J connectivity index is 2.24. The Hall–Kier alpha value is -2.47. The highest BCUT2D eigenvalue weighted by Crippen LogP contribution is 2.25. The zero-order valence-corrected chi connectivity index (χ0v) is 12.1. The smallest absolute Gasteiger partial charge is 0.287 e. The second-order valence-corrected chi connectivity index (χ2v) is 4.96. The molecule has 1 heterocycles. The van der Waals surface area contributed by atoms with Crippen LogP contribution in [0.1, 0.15) is 21.6 Å². The van der Waals surface area contributed by atoms with Gasteiger partial charge in [0.25, 0.3) is 11.6 Å². The van der Waals surface area contributed by atoms with Crippen molar-refractivity contribution in [3.63, 3.8) is 0 Å². The minimum atomic E-state index is -0.602. The number of anilines is 1. The molecule has 2 aromatic rings. The van der Waals surface area contributed by atoms with Gasteiger partial charge in [0.2, 0.25) is 0 Å². The molecule has 0 saturated heterocycles. The highest BCUT2D eigenvalue weighted by molar-refractivity contribution is 6.33. The summed E-state index contributed by atoms with van der Waals surface area (Å²) in [6, 6.07) is 7.43.